The lowest BCUT2D eigenvalue weighted by Crippen LogP contribution is -2.37. The van der Waals surface area contributed by atoms with E-state index in [1.807, 2.05) is 0 Å². The Bertz CT molecular complexity index is 402. The van der Waals surface area contributed by atoms with Crippen molar-refractivity contribution in [2.45, 2.75) is 18.9 Å². The minimum atomic E-state index is -0.999. The molecule has 6 heteroatoms. The van der Waals surface area contributed by atoms with E-state index in [1.165, 1.54) is 12.5 Å². The lowest BCUT2D eigenvalue weighted by molar-refractivity contribution is 0.0697. The van der Waals surface area contributed by atoms with Crippen LogP contribution in [0.1, 0.15) is 23.2 Å². The number of aromatic carboxylic acids is 1. The normalized spacial score (nSPS) is 17.9. The summed E-state index contributed by atoms with van der Waals surface area (Å²) in [4.78, 5) is 21.0. The fraction of sp³-hybridized carbons (Fsp3) is 0.545. The number of hydrogen-bond acceptors (Lipinski definition) is 5. The van der Waals surface area contributed by atoms with Crippen LogP contribution >= 0.6 is 0 Å². The Morgan fingerprint density at radius 2 is 2.24 bits per heavy atom. The summed E-state index contributed by atoms with van der Waals surface area (Å²) in [6.07, 6.45) is 4.69. The Balaban J connectivity index is 2.05. The van der Waals surface area contributed by atoms with E-state index in [9.17, 15) is 4.79 Å². The molecule has 1 aromatic heterocycles. The molecule has 0 aliphatic carbocycles. The van der Waals surface area contributed by atoms with Gasteiger partial charge in [0.25, 0.3) is 0 Å². The smallest absolute Gasteiger partial charge is 0.341 e. The van der Waals surface area contributed by atoms with Crippen molar-refractivity contribution >= 4 is 11.8 Å². The van der Waals surface area contributed by atoms with E-state index in [0.29, 0.717) is 11.9 Å². The average molecular weight is 236 g/mol. The number of hydrogen-bond donors (Lipinski definition) is 2. The number of anilines is 1. The minimum absolute atomic E-state index is 0.131. The number of carboxylic acid groups (broad SMARTS) is 1. The number of carboxylic acids is 1. The van der Waals surface area contributed by atoms with Gasteiger partial charge in [0.1, 0.15) is 17.7 Å². The van der Waals surface area contributed by atoms with Gasteiger partial charge in [0.05, 0.1) is 0 Å². The highest BCUT2D eigenvalue weighted by molar-refractivity contribution is 5.92. The maximum Gasteiger partial charge on any atom is 0.341 e. The van der Waals surface area contributed by atoms with Gasteiger partial charge in [-0.15, -0.1) is 0 Å². The summed E-state index contributed by atoms with van der Waals surface area (Å²) >= 11 is 0. The van der Waals surface area contributed by atoms with Crippen molar-refractivity contribution in [2.75, 3.05) is 25.5 Å². The molecule has 0 amide bonds. The lowest BCUT2D eigenvalue weighted by atomic mass is 10.1. The molecule has 17 heavy (non-hydrogen) atoms. The minimum Gasteiger partial charge on any atom is -0.477 e. The summed E-state index contributed by atoms with van der Waals surface area (Å²) in [6, 6.07) is 0.291. The van der Waals surface area contributed by atoms with E-state index in [4.69, 9.17) is 5.11 Å². The molecule has 2 N–H and O–H groups in total. The average Bonchev–Trinajstić information content (AvgIpc) is 2.32. The third kappa shape index (κ3) is 2.91. The summed E-state index contributed by atoms with van der Waals surface area (Å²) in [5, 5.41) is 12.2. The second-order valence-electron chi connectivity index (χ2n) is 4.31. The van der Waals surface area contributed by atoms with Crippen molar-refractivity contribution in [1.82, 2.24) is 14.9 Å². The van der Waals surface area contributed by atoms with Crippen molar-refractivity contribution in [3.63, 3.8) is 0 Å². The van der Waals surface area contributed by atoms with Gasteiger partial charge in [0.15, 0.2) is 0 Å². The Kier molecular flexibility index (Phi) is 3.53. The first-order chi connectivity index (χ1) is 8.16. The third-order valence-corrected chi connectivity index (χ3v) is 3.00. The predicted octanol–water partition coefficient (Wildman–Crippen LogP) is 0.681. The molecule has 2 heterocycles. The van der Waals surface area contributed by atoms with Crippen LogP contribution in [0.3, 0.4) is 0 Å². The molecule has 0 spiro atoms. The van der Waals surface area contributed by atoms with E-state index in [-0.39, 0.29) is 5.56 Å². The standard InChI is InChI=1S/C11H16N4O2/c1-15-4-2-8(3-5-15)14-10-9(11(16)17)6-12-7-13-10/h6-8H,2-5H2,1H3,(H,16,17)(H,12,13,14). The molecule has 1 aliphatic rings. The van der Waals surface area contributed by atoms with Gasteiger partial charge in [0, 0.05) is 12.2 Å². The van der Waals surface area contributed by atoms with Gasteiger partial charge in [0.2, 0.25) is 0 Å². The highest BCUT2D eigenvalue weighted by Gasteiger charge is 2.19. The summed E-state index contributed by atoms with van der Waals surface area (Å²) in [6.45, 7) is 2.04. The second kappa shape index (κ2) is 5.09. The predicted molar refractivity (Wildman–Crippen MR) is 63.1 cm³/mol. The Labute approximate surface area is 99.7 Å². The van der Waals surface area contributed by atoms with Crippen LogP contribution in [-0.2, 0) is 0 Å². The van der Waals surface area contributed by atoms with Gasteiger partial charge in [-0.05, 0) is 33.0 Å². The van der Waals surface area contributed by atoms with Crippen molar-refractivity contribution in [3.05, 3.63) is 18.1 Å². The maximum atomic E-state index is 11.0. The molecule has 6 nitrogen and oxygen atoms in total. The van der Waals surface area contributed by atoms with Crippen molar-refractivity contribution in [2.24, 2.45) is 0 Å². The van der Waals surface area contributed by atoms with Crippen molar-refractivity contribution < 1.29 is 9.90 Å². The lowest BCUT2D eigenvalue weighted by Gasteiger charge is -2.29. The zero-order chi connectivity index (χ0) is 12.3. The zero-order valence-electron chi connectivity index (χ0n) is 9.76. The van der Waals surface area contributed by atoms with Crippen LogP contribution < -0.4 is 5.32 Å². The number of aromatic nitrogens is 2. The molecule has 1 aromatic rings. The number of carbonyl (C=O) groups is 1. The molecule has 2 rings (SSSR count). The summed E-state index contributed by atoms with van der Waals surface area (Å²) in [7, 11) is 2.09. The molecular weight excluding hydrogens is 220 g/mol. The van der Waals surface area contributed by atoms with Crippen LogP contribution in [0.15, 0.2) is 12.5 Å². The van der Waals surface area contributed by atoms with Gasteiger partial charge >= 0.3 is 5.97 Å². The van der Waals surface area contributed by atoms with Crippen molar-refractivity contribution in [1.29, 1.82) is 0 Å². The highest BCUT2D eigenvalue weighted by atomic mass is 16.4. The first kappa shape index (κ1) is 11.8. The number of likely N-dealkylation sites (tertiary alicyclic amines) is 1. The van der Waals surface area contributed by atoms with E-state index in [0.717, 1.165) is 25.9 Å². The monoisotopic (exact) mass is 236 g/mol. The number of piperidine rings is 1. The van der Waals surface area contributed by atoms with Crippen LogP contribution in [-0.4, -0.2) is 52.1 Å². The summed E-state index contributed by atoms with van der Waals surface area (Å²) in [5.74, 6) is -0.580. The van der Waals surface area contributed by atoms with Crippen LogP contribution in [0, 0.1) is 0 Å². The molecule has 0 bridgehead atoms. The molecule has 0 atom stereocenters. The van der Waals surface area contributed by atoms with Gasteiger partial charge in [-0.25, -0.2) is 14.8 Å². The highest BCUT2D eigenvalue weighted by Crippen LogP contribution is 2.16. The Morgan fingerprint density at radius 3 is 2.88 bits per heavy atom. The SMILES string of the molecule is CN1CCC(Nc2ncncc2C(=O)O)CC1. The van der Waals surface area contributed by atoms with Crippen LogP contribution in [0.25, 0.3) is 0 Å². The van der Waals surface area contributed by atoms with Crippen LogP contribution in [0.5, 0.6) is 0 Å². The van der Waals surface area contributed by atoms with Crippen molar-refractivity contribution in [3.8, 4) is 0 Å². The quantitative estimate of drug-likeness (QED) is 0.803. The third-order valence-electron chi connectivity index (χ3n) is 3.00. The largest absolute Gasteiger partial charge is 0.477 e. The molecule has 0 radical (unpaired) electrons. The molecular formula is C11H16N4O2. The molecule has 1 aliphatic heterocycles. The molecule has 92 valence electrons. The van der Waals surface area contributed by atoms with E-state index in [2.05, 4.69) is 27.2 Å². The Hall–Kier alpha value is -1.69. The second-order valence-corrected chi connectivity index (χ2v) is 4.31. The van der Waals surface area contributed by atoms with Gasteiger partial charge < -0.3 is 15.3 Å². The first-order valence-corrected chi connectivity index (χ1v) is 5.65. The molecule has 1 saturated heterocycles. The van der Waals surface area contributed by atoms with Gasteiger partial charge in [-0.3, -0.25) is 0 Å². The molecule has 0 unspecified atom stereocenters. The molecule has 1 fully saturated rings. The van der Waals surface area contributed by atoms with Gasteiger partial charge in [-0.2, -0.15) is 0 Å². The number of nitrogens with one attached hydrogen (secondary N) is 1. The summed E-state index contributed by atoms with van der Waals surface area (Å²) in [5.41, 5.74) is 0.131. The first-order valence-electron chi connectivity index (χ1n) is 5.65. The zero-order valence-corrected chi connectivity index (χ0v) is 9.76. The van der Waals surface area contributed by atoms with E-state index in [1.54, 1.807) is 0 Å². The fourth-order valence-electron chi connectivity index (χ4n) is 1.95. The number of rotatable bonds is 3. The van der Waals surface area contributed by atoms with Gasteiger partial charge in [-0.1, -0.05) is 0 Å². The summed E-state index contributed by atoms with van der Waals surface area (Å²) < 4.78 is 0. The fourth-order valence-corrected chi connectivity index (χ4v) is 1.95. The van der Waals surface area contributed by atoms with Crippen LogP contribution in [0.4, 0.5) is 5.82 Å². The number of nitrogens with zero attached hydrogens (tertiary/aromatic N) is 3. The maximum absolute atomic E-state index is 11.0. The van der Waals surface area contributed by atoms with Crippen LogP contribution in [0.2, 0.25) is 0 Å². The molecule has 0 aromatic carbocycles. The van der Waals surface area contributed by atoms with E-state index < -0.39 is 5.97 Å². The Morgan fingerprint density at radius 1 is 1.53 bits per heavy atom. The topological polar surface area (TPSA) is 78.3 Å². The van der Waals surface area contributed by atoms with E-state index >= 15 is 0 Å². The molecule has 0 saturated carbocycles.